The SMILES string of the molecule is CC(C)(CN)NC(=O)c1nn(-c2ccccc2F)c2c1CCC2. The number of carbonyl (C=O) groups excluding carboxylic acids is 1. The van der Waals surface area contributed by atoms with Gasteiger partial charge in [0.1, 0.15) is 11.5 Å². The van der Waals surface area contributed by atoms with Gasteiger partial charge in [-0.25, -0.2) is 9.07 Å². The molecule has 23 heavy (non-hydrogen) atoms. The molecule has 3 N–H and O–H groups in total. The van der Waals surface area contributed by atoms with Crippen molar-refractivity contribution in [1.82, 2.24) is 15.1 Å². The molecule has 1 aromatic heterocycles. The smallest absolute Gasteiger partial charge is 0.272 e. The molecular formula is C17H21FN4O. The predicted molar refractivity (Wildman–Crippen MR) is 86.1 cm³/mol. The third kappa shape index (κ3) is 2.86. The Bertz CT molecular complexity index is 751. The van der Waals surface area contributed by atoms with E-state index in [4.69, 9.17) is 5.73 Å². The molecule has 0 aliphatic heterocycles. The number of hydrogen-bond acceptors (Lipinski definition) is 3. The second kappa shape index (κ2) is 5.77. The zero-order chi connectivity index (χ0) is 16.6. The van der Waals surface area contributed by atoms with Gasteiger partial charge in [-0.2, -0.15) is 5.10 Å². The van der Waals surface area contributed by atoms with Gasteiger partial charge < -0.3 is 11.1 Å². The molecule has 0 unspecified atom stereocenters. The lowest BCUT2D eigenvalue weighted by Gasteiger charge is -2.23. The first-order valence-corrected chi connectivity index (χ1v) is 7.81. The molecule has 0 fully saturated rings. The van der Waals surface area contributed by atoms with Crippen LogP contribution in [0.5, 0.6) is 0 Å². The van der Waals surface area contributed by atoms with Gasteiger partial charge in [-0.3, -0.25) is 4.79 Å². The molecule has 5 nitrogen and oxygen atoms in total. The lowest BCUT2D eigenvalue weighted by molar-refractivity contribution is 0.0909. The highest BCUT2D eigenvalue weighted by molar-refractivity contribution is 5.94. The van der Waals surface area contributed by atoms with E-state index >= 15 is 0 Å². The van der Waals surface area contributed by atoms with Gasteiger partial charge in [0.25, 0.3) is 5.91 Å². The van der Waals surface area contributed by atoms with E-state index in [9.17, 15) is 9.18 Å². The highest BCUT2D eigenvalue weighted by atomic mass is 19.1. The summed E-state index contributed by atoms with van der Waals surface area (Å²) in [6, 6.07) is 6.47. The van der Waals surface area contributed by atoms with Crippen LogP contribution in [0.2, 0.25) is 0 Å². The number of nitrogens with zero attached hydrogens (tertiary/aromatic N) is 2. The van der Waals surface area contributed by atoms with Gasteiger partial charge in [-0.15, -0.1) is 0 Å². The molecule has 0 saturated carbocycles. The molecule has 0 spiro atoms. The van der Waals surface area contributed by atoms with Gasteiger partial charge in [0.15, 0.2) is 5.69 Å². The maximum Gasteiger partial charge on any atom is 0.272 e. The summed E-state index contributed by atoms with van der Waals surface area (Å²) in [6.07, 6.45) is 2.53. The molecule has 1 aliphatic carbocycles. The van der Waals surface area contributed by atoms with Crippen LogP contribution in [-0.4, -0.2) is 27.8 Å². The molecule has 3 rings (SSSR count). The lowest BCUT2D eigenvalue weighted by Crippen LogP contribution is -2.49. The molecule has 0 radical (unpaired) electrons. The highest BCUT2D eigenvalue weighted by Gasteiger charge is 2.29. The Kier molecular flexibility index (Phi) is 3.93. The van der Waals surface area contributed by atoms with Crippen molar-refractivity contribution in [2.24, 2.45) is 5.73 Å². The first-order valence-electron chi connectivity index (χ1n) is 7.81. The third-order valence-electron chi connectivity index (χ3n) is 4.19. The summed E-state index contributed by atoms with van der Waals surface area (Å²) in [5.41, 5.74) is 7.75. The number of nitrogens with two attached hydrogens (primary N) is 1. The Labute approximate surface area is 134 Å². The Morgan fingerprint density at radius 1 is 1.39 bits per heavy atom. The minimum absolute atomic E-state index is 0.256. The quantitative estimate of drug-likeness (QED) is 0.906. The molecule has 1 heterocycles. The van der Waals surface area contributed by atoms with Crippen LogP contribution in [0.25, 0.3) is 5.69 Å². The van der Waals surface area contributed by atoms with Crippen molar-refractivity contribution in [3.05, 3.63) is 47.0 Å². The minimum Gasteiger partial charge on any atom is -0.344 e. The van der Waals surface area contributed by atoms with Crippen LogP contribution >= 0.6 is 0 Å². The van der Waals surface area contributed by atoms with Crippen molar-refractivity contribution in [2.75, 3.05) is 6.54 Å². The standard InChI is InChI=1S/C17H21FN4O/c1-17(2,10-19)20-16(23)15-11-6-5-9-13(11)22(21-15)14-8-4-3-7-12(14)18/h3-4,7-8H,5-6,9-10,19H2,1-2H3,(H,20,23). The molecular weight excluding hydrogens is 295 g/mol. The molecule has 6 heteroatoms. The predicted octanol–water partition coefficient (Wildman–Crippen LogP) is 1.97. The monoisotopic (exact) mass is 316 g/mol. The molecule has 0 bridgehead atoms. The van der Waals surface area contributed by atoms with Gasteiger partial charge in [-0.05, 0) is 45.2 Å². The van der Waals surface area contributed by atoms with E-state index in [1.807, 2.05) is 13.8 Å². The van der Waals surface area contributed by atoms with Gasteiger partial charge in [0.2, 0.25) is 0 Å². The van der Waals surface area contributed by atoms with E-state index in [0.717, 1.165) is 30.5 Å². The number of aromatic nitrogens is 2. The van der Waals surface area contributed by atoms with Crippen LogP contribution in [-0.2, 0) is 12.8 Å². The van der Waals surface area contributed by atoms with Crippen LogP contribution in [0.3, 0.4) is 0 Å². The van der Waals surface area contributed by atoms with Crippen LogP contribution in [0.15, 0.2) is 24.3 Å². The maximum atomic E-state index is 14.1. The number of para-hydroxylation sites is 1. The van der Waals surface area contributed by atoms with E-state index in [1.165, 1.54) is 6.07 Å². The number of fused-ring (bicyclic) bond motifs is 1. The fourth-order valence-electron chi connectivity index (χ4n) is 2.86. The normalized spacial score (nSPS) is 13.9. The van der Waals surface area contributed by atoms with Crippen LogP contribution in [0, 0.1) is 5.82 Å². The average molecular weight is 316 g/mol. The molecule has 1 aliphatic rings. The number of carbonyl (C=O) groups is 1. The van der Waals surface area contributed by atoms with Gasteiger partial charge >= 0.3 is 0 Å². The highest BCUT2D eigenvalue weighted by Crippen LogP contribution is 2.28. The zero-order valence-corrected chi connectivity index (χ0v) is 13.4. The first-order chi connectivity index (χ1) is 10.9. The summed E-state index contributed by atoms with van der Waals surface area (Å²) in [5, 5.41) is 7.30. The number of hydrogen-bond donors (Lipinski definition) is 2. The fraction of sp³-hybridized carbons (Fsp3) is 0.412. The van der Waals surface area contributed by atoms with Crippen molar-refractivity contribution in [3.63, 3.8) is 0 Å². The third-order valence-corrected chi connectivity index (χ3v) is 4.19. The molecule has 1 amide bonds. The number of rotatable bonds is 4. The number of halogens is 1. The second-order valence-corrected chi connectivity index (χ2v) is 6.53. The fourth-order valence-corrected chi connectivity index (χ4v) is 2.86. The minimum atomic E-state index is -0.510. The number of amides is 1. The van der Waals surface area contributed by atoms with E-state index in [2.05, 4.69) is 10.4 Å². The van der Waals surface area contributed by atoms with E-state index < -0.39 is 5.54 Å². The Balaban J connectivity index is 2.03. The van der Waals surface area contributed by atoms with E-state index in [-0.39, 0.29) is 11.7 Å². The Morgan fingerprint density at radius 2 is 2.13 bits per heavy atom. The lowest BCUT2D eigenvalue weighted by atomic mass is 10.1. The number of nitrogens with one attached hydrogen (secondary N) is 1. The average Bonchev–Trinajstić information content (AvgIpc) is 3.09. The summed E-state index contributed by atoms with van der Waals surface area (Å²) in [5.74, 6) is -0.604. The molecule has 0 atom stereocenters. The maximum absolute atomic E-state index is 14.1. The molecule has 1 aromatic carbocycles. The van der Waals surface area contributed by atoms with Crippen molar-refractivity contribution < 1.29 is 9.18 Å². The van der Waals surface area contributed by atoms with E-state index in [0.29, 0.717) is 17.9 Å². The zero-order valence-electron chi connectivity index (χ0n) is 13.4. The summed E-state index contributed by atoms with van der Waals surface area (Å²) in [4.78, 5) is 12.6. The topological polar surface area (TPSA) is 72.9 Å². The first kappa shape index (κ1) is 15.7. The summed E-state index contributed by atoms with van der Waals surface area (Å²) in [7, 11) is 0. The Morgan fingerprint density at radius 3 is 2.83 bits per heavy atom. The molecule has 0 saturated heterocycles. The largest absolute Gasteiger partial charge is 0.344 e. The van der Waals surface area contributed by atoms with Crippen LogP contribution in [0.1, 0.15) is 42.0 Å². The van der Waals surface area contributed by atoms with E-state index in [1.54, 1.807) is 22.9 Å². The van der Waals surface area contributed by atoms with Crippen LogP contribution in [0.4, 0.5) is 4.39 Å². The summed E-state index contributed by atoms with van der Waals surface area (Å²) in [6.45, 7) is 4.05. The van der Waals surface area contributed by atoms with Crippen molar-refractivity contribution in [3.8, 4) is 5.69 Å². The second-order valence-electron chi connectivity index (χ2n) is 6.53. The summed E-state index contributed by atoms with van der Waals surface area (Å²) < 4.78 is 15.7. The van der Waals surface area contributed by atoms with Gasteiger partial charge in [-0.1, -0.05) is 12.1 Å². The molecule has 2 aromatic rings. The van der Waals surface area contributed by atoms with Gasteiger partial charge in [0.05, 0.1) is 0 Å². The number of benzene rings is 1. The van der Waals surface area contributed by atoms with Crippen molar-refractivity contribution in [1.29, 1.82) is 0 Å². The van der Waals surface area contributed by atoms with Crippen molar-refractivity contribution in [2.45, 2.75) is 38.6 Å². The van der Waals surface area contributed by atoms with Gasteiger partial charge in [0, 0.05) is 23.3 Å². The molecule has 122 valence electrons. The van der Waals surface area contributed by atoms with Crippen LogP contribution < -0.4 is 11.1 Å². The van der Waals surface area contributed by atoms with Crippen molar-refractivity contribution >= 4 is 5.91 Å². The summed E-state index contributed by atoms with van der Waals surface area (Å²) >= 11 is 0. The Hall–Kier alpha value is -2.21.